The number of benzene rings is 6. The fourth-order valence-corrected chi connectivity index (χ4v) is 11.3. The van der Waals surface area contributed by atoms with Crippen molar-refractivity contribution < 1.29 is 88.2 Å². The number of nitrogens with one attached hydrogen (secondary N) is 2. The molecule has 4 unspecified atom stereocenters. The summed E-state index contributed by atoms with van der Waals surface area (Å²) in [6.07, 6.45) is -3.99. The van der Waals surface area contributed by atoms with Crippen molar-refractivity contribution in [2.75, 3.05) is 80.2 Å². The summed E-state index contributed by atoms with van der Waals surface area (Å²) < 4.78 is 35.1. The van der Waals surface area contributed by atoms with Gasteiger partial charge in [0.05, 0.1) is 87.0 Å². The minimum atomic E-state index is -2.37. The Morgan fingerprint density at radius 1 is 0.798 bits per heavy atom. The van der Waals surface area contributed by atoms with Crippen LogP contribution in [0.2, 0.25) is 0 Å². The molecule has 0 saturated carbocycles. The van der Waals surface area contributed by atoms with Gasteiger partial charge in [-0.25, -0.2) is 0 Å². The number of phenols is 4. The number of hydrogen-bond acceptors (Lipinski definition) is 21. The Balaban J connectivity index is 0.690. The quantitative estimate of drug-likeness (QED) is 0.00659. The van der Waals surface area contributed by atoms with Crippen molar-refractivity contribution in [3.63, 3.8) is 0 Å². The van der Waals surface area contributed by atoms with Gasteiger partial charge in [-0.15, -0.1) is 0 Å². The Kier molecular flexibility index (Phi) is 21.6. The molecule has 0 radical (unpaired) electrons. The average molecular weight is 1220 g/mol. The van der Waals surface area contributed by atoms with E-state index in [4.69, 9.17) is 33.3 Å². The highest BCUT2D eigenvalue weighted by Gasteiger charge is 2.50. The summed E-state index contributed by atoms with van der Waals surface area (Å²) in [5.41, 5.74) is 1.73. The number of allylic oxidation sites excluding steroid dienone is 1. The lowest BCUT2D eigenvalue weighted by atomic mass is 9.72. The van der Waals surface area contributed by atoms with Gasteiger partial charge in [-0.1, -0.05) is 78.8 Å². The first-order valence-electron chi connectivity index (χ1n) is 29.3. The number of fused-ring (bicyclic) bond motifs is 3. The number of aliphatic hydroxyl groups is 3. The summed E-state index contributed by atoms with van der Waals surface area (Å²) in [5, 5.41) is 86.6. The number of likely N-dealkylation sites (N-methyl/N-ethyl adjacent to an activating group) is 1. The molecule has 470 valence electrons. The van der Waals surface area contributed by atoms with E-state index in [2.05, 4.69) is 51.9 Å². The van der Waals surface area contributed by atoms with Gasteiger partial charge in [-0.05, 0) is 102 Å². The van der Waals surface area contributed by atoms with Crippen molar-refractivity contribution in [3.8, 4) is 34.5 Å². The number of oxime groups is 1. The van der Waals surface area contributed by atoms with Crippen LogP contribution >= 0.6 is 0 Å². The maximum Gasteiger partial charge on any atom is 0.256 e. The summed E-state index contributed by atoms with van der Waals surface area (Å²) >= 11 is 0. The maximum atomic E-state index is 14.1. The Labute approximate surface area is 514 Å². The van der Waals surface area contributed by atoms with Crippen molar-refractivity contribution in [1.82, 2.24) is 15.5 Å². The largest absolute Gasteiger partial charge is 0.508 e. The van der Waals surface area contributed by atoms with Gasteiger partial charge in [0.15, 0.2) is 17.9 Å². The lowest BCUT2D eigenvalue weighted by Gasteiger charge is -2.43. The molecule has 1 fully saturated rings. The Morgan fingerprint density at radius 3 is 2.19 bits per heavy atom. The summed E-state index contributed by atoms with van der Waals surface area (Å²) in [4.78, 5) is 61.9. The van der Waals surface area contributed by atoms with Crippen molar-refractivity contribution >= 4 is 40.6 Å². The fourth-order valence-electron chi connectivity index (χ4n) is 11.3. The van der Waals surface area contributed by atoms with Crippen LogP contribution in [0.3, 0.4) is 0 Å². The molecule has 0 spiro atoms. The van der Waals surface area contributed by atoms with E-state index in [1.54, 1.807) is 19.1 Å². The fraction of sp³-hybridized carbons (Fsp3) is 0.358. The molecule has 6 atom stereocenters. The minimum Gasteiger partial charge on any atom is -0.508 e. The van der Waals surface area contributed by atoms with Crippen molar-refractivity contribution in [2.45, 2.75) is 75.8 Å². The first-order chi connectivity index (χ1) is 42.9. The highest BCUT2D eigenvalue weighted by atomic mass is 16.7. The van der Waals surface area contributed by atoms with Crippen molar-refractivity contribution in [1.29, 1.82) is 0 Å². The number of hydrogen-bond donors (Lipinski definition) is 9. The van der Waals surface area contributed by atoms with E-state index in [1.807, 2.05) is 49.5 Å². The number of aromatic hydroxyl groups is 4. The zero-order chi connectivity index (χ0) is 63.4. The molecular weight excluding hydrogens is 1150 g/mol. The molecular formula is C67H74N4O18. The lowest BCUT2D eigenvalue weighted by molar-refractivity contribution is -0.249. The molecule has 0 bridgehead atoms. The number of carbonyl (C=O) groups is 4. The summed E-state index contributed by atoms with van der Waals surface area (Å²) in [6, 6.07) is 33.4. The van der Waals surface area contributed by atoms with Crippen LogP contribution in [0, 0.1) is 0 Å². The number of ketones is 3. The van der Waals surface area contributed by atoms with E-state index < -0.39 is 102 Å². The topological polar surface area (TPSA) is 314 Å². The normalized spacial score (nSPS) is 19.9. The van der Waals surface area contributed by atoms with Crippen LogP contribution in [0.4, 0.5) is 0 Å². The molecule has 1 heterocycles. The van der Waals surface area contributed by atoms with Gasteiger partial charge in [0, 0.05) is 55.1 Å². The van der Waals surface area contributed by atoms with Gasteiger partial charge in [0.1, 0.15) is 59.9 Å². The second-order valence-corrected chi connectivity index (χ2v) is 21.9. The molecule has 1 amide bonds. The third kappa shape index (κ3) is 15.0. The number of rotatable bonds is 28. The maximum absolute atomic E-state index is 14.1. The number of Topliss-reactive ketones (excluding diaryl/α,β-unsaturated/α-hetero) is 1. The SMILES string of the molecule is CC/C(=C(/c1ccc(O)cc1)c1ccc(OCCN(C)CCOCCOCCO/N=C/c2ccc(O)c(C(=O)NCNC3CC(O[C@H]4C[C@](O)(C(=O)CO)Cc5c(O)c6c(c(O)c54)C(=O)c4c(OC)cccc4C6=O)OC(C)C3O)c2)cc1)c1ccccc1. The highest BCUT2D eigenvalue weighted by molar-refractivity contribution is 6.31. The van der Waals surface area contributed by atoms with Gasteiger partial charge < -0.3 is 79.2 Å². The predicted octanol–water partition coefficient (Wildman–Crippen LogP) is 6.19. The molecule has 6 aromatic carbocycles. The lowest BCUT2D eigenvalue weighted by Crippen LogP contribution is -2.56. The third-order valence-corrected chi connectivity index (χ3v) is 16.0. The van der Waals surface area contributed by atoms with E-state index in [9.17, 15) is 54.9 Å². The number of amides is 1. The van der Waals surface area contributed by atoms with Crippen LogP contribution in [0.25, 0.3) is 11.1 Å². The van der Waals surface area contributed by atoms with E-state index in [1.165, 1.54) is 55.3 Å². The van der Waals surface area contributed by atoms with Crippen LogP contribution in [-0.2, 0) is 35.0 Å². The second kappa shape index (κ2) is 29.6. The van der Waals surface area contributed by atoms with Crippen molar-refractivity contribution in [2.24, 2.45) is 5.16 Å². The van der Waals surface area contributed by atoms with Crippen LogP contribution in [-0.4, -0.2) is 180 Å². The monoisotopic (exact) mass is 1220 g/mol. The minimum absolute atomic E-state index is 0.0481. The molecule has 9 N–H and O–H groups in total. The molecule has 1 saturated heterocycles. The molecule has 22 nitrogen and oxygen atoms in total. The molecule has 1 aliphatic heterocycles. The number of phenolic OH excluding ortho intramolecular Hbond substituents is 4. The van der Waals surface area contributed by atoms with Crippen LogP contribution in [0.1, 0.15) is 115 Å². The zero-order valence-corrected chi connectivity index (χ0v) is 49.8. The van der Waals surface area contributed by atoms with Crippen LogP contribution in [0.15, 0.2) is 120 Å². The van der Waals surface area contributed by atoms with E-state index >= 15 is 0 Å². The third-order valence-electron chi connectivity index (χ3n) is 16.0. The smallest absolute Gasteiger partial charge is 0.256 e. The number of aliphatic hydroxyl groups excluding tert-OH is 2. The van der Waals surface area contributed by atoms with Crippen molar-refractivity contribution in [3.05, 3.63) is 176 Å². The molecule has 3 aliphatic rings. The summed E-state index contributed by atoms with van der Waals surface area (Å²) in [6.45, 7) is 5.84. The molecule has 89 heavy (non-hydrogen) atoms. The molecule has 2 aliphatic carbocycles. The van der Waals surface area contributed by atoms with E-state index in [0.29, 0.717) is 45.1 Å². The number of methoxy groups -OCH3 is 1. The summed E-state index contributed by atoms with van der Waals surface area (Å²) in [5.74, 6) is -4.16. The molecule has 6 aromatic rings. The average Bonchev–Trinajstić information content (AvgIpc) is 0.754. The number of ether oxygens (including phenoxy) is 6. The van der Waals surface area contributed by atoms with Gasteiger partial charge in [0.25, 0.3) is 5.91 Å². The molecule has 0 aromatic heterocycles. The predicted molar refractivity (Wildman–Crippen MR) is 327 cm³/mol. The van der Waals surface area contributed by atoms with Crippen LogP contribution < -0.4 is 20.1 Å². The van der Waals surface area contributed by atoms with Gasteiger partial charge in [-0.3, -0.25) is 24.5 Å². The van der Waals surface area contributed by atoms with Gasteiger partial charge in [-0.2, -0.15) is 0 Å². The standard InChI is InChI=1S/C67H74N4O18/c1-5-46(41-10-7-6-8-11-41)56(42-15-19-44(73)20-16-42)43-17-21-45(22-18-43)86-27-25-71(3)24-26-84-28-29-85-30-31-87-70-36-40-14-23-51(74)48(32-40)66(81)69-38-68-50-33-55(88-39(2)61(50)76)89-53-35-67(82,54(75)37-72)34-49-58(53)65(80)60-59(63(49)78)62(77)47-12-9-13-52(83-4)57(47)64(60)79/h6-23,32,36,39,50,53,55,61,68,72-74,76,78,80,82H,5,24-31,33-35,37-38H2,1-4H3,(H,69,81)/b56-46+,70-36+/t39?,50?,53-,55?,61?,67-/m0/s1. The van der Waals surface area contributed by atoms with Gasteiger partial charge >= 0.3 is 0 Å². The Bertz CT molecular complexity index is 3560. The Morgan fingerprint density at radius 2 is 1.48 bits per heavy atom. The first kappa shape index (κ1) is 64.9. The number of carbonyl (C=O) groups excluding carboxylic acids is 4. The highest BCUT2D eigenvalue weighted by Crippen LogP contribution is 2.53. The number of nitrogens with zero attached hydrogens (tertiary/aromatic N) is 2. The molecule has 9 rings (SSSR count). The van der Waals surface area contributed by atoms with Crippen LogP contribution in [0.5, 0.6) is 34.5 Å². The Hall–Kier alpha value is -8.55. The molecule has 22 heteroatoms. The second-order valence-electron chi connectivity index (χ2n) is 21.9. The van der Waals surface area contributed by atoms with Gasteiger partial charge in [0.2, 0.25) is 5.78 Å². The first-order valence-corrected chi connectivity index (χ1v) is 29.3. The zero-order valence-electron chi connectivity index (χ0n) is 49.8. The summed E-state index contributed by atoms with van der Waals surface area (Å²) in [7, 11) is 3.30. The van der Waals surface area contributed by atoms with E-state index in [-0.39, 0.29) is 71.4 Å². The van der Waals surface area contributed by atoms with E-state index in [0.717, 1.165) is 34.4 Å².